The molecule has 0 unspecified atom stereocenters. The number of hydrogen-bond donors (Lipinski definition) is 1. The van der Waals surface area contributed by atoms with Gasteiger partial charge in [0.25, 0.3) is 0 Å². The van der Waals surface area contributed by atoms with Crippen molar-refractivity contribution in [3.63, 3.8) is 0 Å². The van der Waals surface area contributed by atoms with Gasteiger partial charge in [-0.2, -0.15) is 0 Å². The van der Waals surface area contributed by atoms with E-state index in [9.17, 15) is 13.2 Å². The van der Waals surface area contributed by atoms with Crippen LogP contribution in [0.25, 0.3) is 0 Å². The van der Waals surface area contributed by atoms with Gasteiger partial charge in [-0.25, -0.2) is 8.42 Å². The van der Waals surface area contributed by atoms with Gasteiger partial charge >= 0.3 is 0 Å². The van der Waals surface area contributed by atoms with Crippen molar-refractivity contribution in [1.82, 2.24) is 5.32 Å². The molecule has 152 valence electrons. The van der Waals surface area contributed by atoms with Gasteiger partial charge in [0.05, 0.1) is 25.1 Å². The summed E-state index contributed by atoms with van der Waals surface area (Å²) in [5, 5.41) is 3.11. The molecule has 0 aliphatic carbocycles. The molecule has 2 aromatic carbocycles. The van der Waals surface area contributed by atoms with Crippen molar-refractivity contribution in [2.24, 2.45) is 0 Å². The second-order valence-electron chi connectivity index (χ2n) is 6.20. The highest BCUT2D eigenvalue weighted by Gasteiger charge is 2.22. The summed E-state index contributed by atoms with van der Waals surface area (Å²) in [7, 11) is -2.08. The maximum absolute atomic E-state index is 12.3. The molecule has 2 rings (SSSR count). The zero-order valence-corrected chi connectivity index (χ0v) is 17.5. The van der Waals surface area contributed by atoms with Gasteiger partial charge in [-0.15, -0.1) is 0 Å². The monoisotopic (exact) mass is 426 g/mol. The standard InChI is InChI=1S/C19H23ClN2O5S/c1-14(13-27-18-9-7-17(26-2)8-10-18)21-19(23)12-22(28(3,24)25)16-6-4-5-15(20)11-16/h4-11,14H,12-13H2,1-3H3,(H,21,23)/t14-/m1/s1. The number of amides is 1. The van der Waals surface area contributed by atoms with Crippen LogP contribution in [0.15, 0.2) is 48.5 Å². The Kier molecular flexibility index (Phi) is 7.53. The van der Waals surface area contributed by atoms with E-state index in [0.717, 1.165) is 16.3 Å². The number of nitrogens with zero attached hydrogens (tertiary/aromatic N) is 1. The predicted octanol–water partition coefficient (Wildman–Crippen LogP) is 2.70. The molecule has 0 saturated carbocycles. The van der Waals surface area contributed by atoms with Gasteiger partial charge in [0.1, 0.15) is 24.7 Å². The number of carbonyl (C=O) groups excluding carboxylic acids is 1. The lowest BCUT2D eigenvalue weighted by atomic mass is 10.3. The van der Waals surface area contributed by atoms with Crippen LogP contribution in [0.3, 0.4) is 0 Å². The fourth-order valence-electron chi connectivity index (χ4n) is 2.42. The summed E-state index contributed by atoms with van der Waals surface area (Å²) in [5.74, 6) is 0.908. The molecule has 2 aromatic rings. The second kappa shape index (κ2) is 9.66. The van der Waals surface area contributed by atoms with Crippen LogP contribution < -0.4 is 19.1 Å². The lowest BCUT2D eigenvalue weighted by molar-refractivity contribution is -0.120. The Balaban J connectivity index is 1.94. The van der Waals surface area contributed by atoms with Crippen molar-refractivity contribution >= 4 is 33.2 Å². The molecule has 0 radical (unpaired) electrons. The fraction of sp³-hybridized carbons (Fsp3) is 0.316. The molecule has 0 aliphatic rings. The molecule has 0 aliphatic heterocycles. The topological polar surface area (TPSA) is 84.9 Å². The van der Waals surface area contributed by atoms with E-state index in [1.165, 1.54) is 6.07 Å². The molecule has 0 spiro atoms. The van der Waals surface area contributed by atoms with Crippen LogP contribution in [-0.2, 0) is 14.8 Å². The average molecular weight is 427 g/mol. The average Bonchev–Trinajstić information content (AvgIpc) is 2.64. The molecule has 1 N–H and O–H groups in total. The zero-order chi connectivity index (χ0) is 20.7. The van der Waals surface area contributed by atoms with E-state index >= 15 is 0 Å². The smallest absolute Gasteiger partial charge is 0.241 e. The van der Waals surface area contributed by atoms with Crippen LogP contribution in [0.4, 0.5) is 5.69 Å². The lowest BCUT2D eigenvalue weighted by Gasteiger charge is -2.23. The van der Waals surface area contributed by atoms with Gasteiger partial charge in [0.2, 0.25) is 15.9 Å². The first-order valence-electron chi connectivity index (χ1n) is 8.48. The Hall–Kier alpha value is -2.45. The van der Waals surface area contributed by atoms with Crippen LogP contribution in [0, 0.1) is 0 Å². The minimum Gasteiger partial charge on any atom is -0.497 e. The van der Waals surface area contributed by atoms with Gasteiger partial charge in [0, 0.05) is 5.02 Å². The Labute approximate surface area is 170 Å². The van der Waals surface area contributed by atoms with Crippen LogP contribution in [-0.4, -0.2) is 46.9 Å². The Bertz CT molecular complexity index is 903. The summed E-state index contributed by atoms with van der Waals surface area (Å²) in [5.41, 5.74) is 0.326. The molecular formula is C19H23ClN2O5S. The normalized spacial score (nSPS) is 12.1. The molecule has 7 nitrogen and oxygen atoms in total. The maximum atomic E-state index is 12.3. The van der Waals surface area contributed by atoms with Gasteiger partial charge in [0.15, 0.2) is 0 Å². The van der Waals surface area contributed by atoms with E-state index in [-0.39, 0.29) is 19.2 Å². The van der Waals surface area contributed by atoms with Crippen LogP contribution in [0.5, 0.6) is 11.5 Å². The van der Waals surface area contributed by atoms with E-state index in [1.54, 1.807) is 56.5 Å². The number of sulfonamides is 1. The number of benzene rings is 2. The molecule has 0 fully saturated rings. The van der Waals surface area contributed by atoms with Crippen molar-refractivity contribution in [2.75, 3.05) is 30.8 Å². The molecular weight excluding hydrogens is 404 g/mol. The quantitative estimate of drug-likeness (QED) is 0.666. The molecule has 9 heteroatoms. The van der Waals surface area contributed by atoms with Crippen molar-refractivity contribution < 1.29 is 22.7 Å². The third-order valence-electron chi connectivity index (χ3n) is 3.75. The summed E-state index contributed by atoms with van der Waals surface area (Å²) >= 11 is 5.93. The molecule has 1 amide bonds. The molecule has 0 bridgehead atoms. The number of nitrogens with one attached hydrogen (secondary N) is 1. The molecule has 0 heterocycles. The third kappa shape index (κ3) is 6.61. The lowest BCUT2D eigenvalue weighted by Crippen LogP contribution is -2.44. The first-order chi connectivity index (χ1) is 13.2. The summed E-state index contributed by atoms with van der Waals surface area (Å²) in [6, 6.07) is 13.1. The summed E-state index contributed by atoms with van der Waals surface area (Å²) in [4.78, 5) is 12.3. The van der Waals surface area contributed by atoms with Crippen molar-refractivity contribution in [1.29, 1.82) is 0 Å². The number of ether oxygens (including phenoxy) is 2. The summed E-state index contributed by atoms with van der Waals surface area (Å²) in [6.45, 7) is 1.64. The van der Waals surface area contributed by atoms with Crippen LogP contribution in [0.1, 0.15) is 6.92 Å². The molecule has 28 heavy (non-hydrogen) atoms. The largest absolute Gasteiger partial charge is 0.497 e. The Morgan fingerprint density at radius 3 is 2.39 bits per heavy atom. The van der Waals surface area contributed by atoms with Gasteiger partial charge < -0.3 is 14.8 Å². The number of anilines is 1. The molecule has 0 aromatic heterocycles. The molecule has 0 saturated heterocycles. The highest BCUT2D eigenvalue weighted by atomic mass is 35.5. The fourth-order valence-corrected chi connectivity index (χ4v) is 3.45. The Morgan fingerprint density at radius 2 is 1.82 bits per heavy atom. The zero-order valence-electron chi connectivity index (χ0n) is 15.9. The van der Waals surface area contributed by atoms with Crippen molar-refractivity contribution in [2.45, 2.75) is 13.0 Å². The second-order valence-corrected chi connectivity index (χ2v) is 8.55. The minimum absolute atomic E-state index is 0.230. The maximum Gasteiger partial charge on any atom is 0.241 e. The van der Waals surface area contributed by atoms with Crippen molar-refractivity contribution in [3.8, 4) is 11.5 Å². The van der Waals surface area contributed by atoms with Crippen molar-refractivity contribution in [3.05, 3.63) is 53.6 Å². The van der Waals surface area contributed by atoms with E-state index in [1.807, 2.05) is 0 Å². The first-order valence-corrected chi connectivity index (χ1v) is 10.7. The highest BCUT2D eigenvalue weighted by molar-refractivity contribution is 7.92. The molecule has 1 atom stereocenters. The highest BCUT2D eigenvalue weighted by Crippen LogP contribution is 2.21. The Morgan fingerprint density at radius 1 is 1.18 bits per heavy atom. The number of rotatable bonds is 9. The SMILES string of the molecule is COc1ccc(OC[C@@H](C)NC(=O)CN(c2cccc(Cl)c2)S(C)(=O)=O)cc1. The van der Waals surface area contributed by atoms with Gasteiger partial charge in [-0.1, -0.05) is 17.7 Å². The van der Waals surface area contributed by atoms with E-state index in [0.29, 0.717) is 16.5 Å². The van der Waals surface area contributed by atoms with E-state index < -0.39 is 15.9 Å². The van der Waals surface area contributed by atoms with Crippen LogP contribution in [0.2, 0.25) is 5.02 Å². The summed E-state index contributed by atoms with van der Waals surface area (Å²) in [6.07, 6.45) is 1.04. The number of halogens is 1. The number of hydrogen-bond acceptors (Lipinski definition) is 5. The first kappa shape index (κ1) is 21.8. The van der Waals surface area contributed by atoms with E-state index in [4.69, 9.17) is 21.1 Å². The van der Waals surface area contributed by atoms with E-state index in [2.05, 4.69) is 5.32 Å². The van der Waals surface area contributed by atoms with Crippen LogP contribution >= 0.6 is 11.6 Å². The predicted molar refractivity (Wildman–Crippen MR) is 110 cm³/mol. The minimum atomic E-state index is -3.66. The summed E-state index contributed by atoms with van der Waals surface area (Å²) < 4.78 is 35.9. The van der Waals surface area contributed by atoms with Gasteiger partial charge in [-0.3, -0.25) is 9.10 Å². The number of carbonyl (C=O) groups is 1. The number of methoxy groups -OCH3 is 1. The third-order valence-corrected chi connectivity index (χ3v) is 5.13. The van der Waals surface area contributed by atoms with Gasteiger partial charge in [-0.05, 0) is 49.4 Å².